The molecule has 5 heteroatoms. The third-order valence-electron chi connectivity index (χ3n) is 2.11. The molecule has 0 amide bonds. The summed E-state index contributed by atoms with van der Waals surface area (Å²) in [6.45, 7) is 0. The molecule has 0 bridgehead atoms. The zero-order chi connectivity index (χ0) is 11.5. The zero-order valence-corrected chi connectivity index (χ0v) is 9.03. The van der Waals surface area contributed by atoms with E-state index in [1.165, 1.54) is 6.07 Å². The third-order valence-corrected chi connectivity index (χ3v) is 2.35. The topological polar surface area (TPSA) is 66.0 Å². The van der Waals surface area contributed by atoms with E-state index in [4.69, 9.17) is 11.6 Å². The van der Waals surface area contributed by atoms with E-state index in [2.05, 4.69) is 10.2 Å². The number of hydrogen-bond donors (Lipinski definition) is 2. The monoisotopic (exact) mass is 236 g/mol. The van der Waals surface area contributed by atoms with E-state index in [1.807, 2.05) is 18.2 Å². The Morgan fingerprint density at radius 2 is 2.19 bits per heavy atom. The first-order valence-corrected chi connectivity index (χ1v) is 5.05. The van der Waals surface area contributed by atoms with Gasteiger partial charge in [0.1, 0.15) is 0 Å². The lowest BCUT2D eigenvalue weighted by atomic mass is 10.1. The smallest absolute Gasteiger partial charge is 0.306 e. The Kier molecular flexibility index (Phi) is 2.92. The lowest BCUT2D eigenvalue weighted by molar-refractivity contribution is 0.462. The van der Waals surface area contributed by atoms with Crippen LogP contribution in [0.1, 0.15) is 11.3 Å². The Labute approximate surface area is 96.5 Å². The van der Waals surface area contributed by atoms with Crippen molar-refractivity contribution in [3.8, 4) is 5.75 Å². The fraction of sp³-hybridized carbons (Fsp3) is 0.0909. The van der Waals surface area contributed by atoms with E-state index in [0.717, 1.165) is 5.56 Å². The molecule has 0 spiro atoms. The highest BCUT2D eigenvalue weighted by Gasteiger charge is 2.02. The minimum absolute atomic E-state index is 0.327. The van der Waals surface area contributed by atoms with Crippen LogP contribution in [0.25, 0.3) is 0 Å². The summed E-state index contributed by atoms with van der Waals surface area (Å²) in [6.07, 6.45) is 0.505. The van der Waals surface area contributed by atoms with Crippen LogP contribution in [0.4, 0.5) is 0 Å². The molecule has 2 aromatic rings. The van der Waals surface area contributed by atoms with Crippen molar-refractivity contribution in [1.82, 2.24) is 10.2 Å². The Morgan fingerprint density at radius 1 is 1.38 bits per heavy atom. The van der Waals surface area contributed by atoms with Gasteiger partial charge in [-0.2, -0.15) is 5.10 Å². The van der Waals surface area contributed by atoms with Gasteiger partial charge in [-0.05, 0) is 17.7 Å². The van der Waals surface area contributed by atoms with Crippen molar-refractivity contribution in [2.24, 2.45) is 0 Å². The minimum Gasteiger partial charge on any atom is -0.503 e. The summed E-state index contributed by atoms with van der Waals surface area (Å²) in [5, 5.41) is 15.9. The highest BCUT2D eigenvalue weighted by atomic mass is 35.5. The molecule has 0 radical (unpaired) electrons. The molecule has 0 saturated heterocycles. The van der Waals surface area contributed by atoms with Crippen molar-refractivity contribution < 1.29 is 5.11 Å². The lowest BCUT2D eigenvalue weighted by Crippen LogP contribution is -2.09. The Morgan fingerprint density at radius 3 is 2.88 bits per heavy atom. The van der Waals surface area contributed by atoms with Gasteiger partial charge in [0.15, 0.2) is 5.75 Å². The number of aromatic amines is 1. The van der Waals surface area contributed by atoms with E-state index in [-0.39, 0.29) is 5.75 Å². The first-order valence-electron chi connectivity index (χ1n) is 4.67. The summed E-state index contributed by atoms with van der Waals surface area (Å²) >= 11 is 5.84. The predicted molar refractivity (Wildman–Crippen MR) is 60.8 cm³/mol. The average Bonchev–Trinajstić information content (AvgIpc) is 2.24. The van der Waals surface area contributed by atoms with Crippen molar-refractivity contribution >= 4 is 11.6 Å². The maximum Gasteiger partial charge on any atom is 0.306 e. The molecule has 0 unspecified atom stereocenters. The summed E-state index contributed by atoms with van der Waals surface area (Å²) in [4.78, 5) is 10.9. The van der Waals surface area contributed by atoms with Crippen LogP contribution in [0.5, 0.6) is 5.75 Å². The minimum atomic E-state index is -0.588. The fourth-order valence-electron chi connectivity index (χ4n) is 1.38. The van der Waals surface area contributed by atoms with Crippen LogP contribution in [0, 0.1) is 0 Å². The van der Waals surface area contributed by atoms with E-state index in [1.54, 1.807) is 6.07 Å². The SMILES string of the molecule is O=c1[nH]nc(Cc2cccc(Cl)c2)cc1O. The highest BCUT2D eigenvalue weighted by Crippen LogP contribution is 2.14. The van der Waals surface area contributed by atoms with Crippen LogP contribution in [-0.4, -0.2) is 15.3 Å². The molecule has 1 heterocycles. The van der Waals surface area contributed by atoms with E-state index in [0.29, 0.717) is 17.1 Å². The molecule has 16 heavy (non-hydrogen) atoms. The second kappa shape index (κ2) is 4.37. The third kappa shape index (κ3) is 2.41. The molecule has 0 saturated carbocycles. The van der Waals surface area contributed by atoms with Crippen LogP contribution in [0.15, 0.2) is 35.1 Å². The Balaban J connectivity index is 2.27. The molecule has 1 aromatic heterocycles. The van der Waals surface area contributed by atoms with Gasteiger partial charge in [-0.25, -0.2) is 5.10 Å². The van der Waals surface area contributed by atoms with Gasteiger partial charge in [-0.3, -0.25) is 4.79 Å². The van der Waals surface area contributed by atoms with Gasteiger partial charge in [-0.1, -0.05) is 23.7 Å². The lowest BCUT2D eigenvalue weighted by Gasteiger charge is -2.01. The van der Waals surface area contributed by atoms with E-state index < -0.39 is 5.56 Å². The van der Waals surface area contributed by atoms with Crippen molar-refractivity contribution in [3.05, 3.63) is 57.0 Å². The highest BCUT2D eigenvalue weighted by molar-refractivity contribution is 6.30. The molecular formula is C11H9ClN2O2. The predicted octanol–water partition coefficient (Wildman–Crippen LogP) is 1.72. The first-order chi connectivity index (χ1) is 7.65. The molecule has 2 N–H and O–H groups in total. The molecule has 1 aromatic carbocycles. The van der Waals surface area contributed by atoms with Crippen molar-refractivity contribution in [2.75, 3.05) is 0 Å². The number of aromatic nitrogens is 2. The number of halogens is 1. The molecule has 0 atom stereocenters. The van der Waals surface area contributed by atoms with Gasteiger partial charge in [-0.15, -0.1) is 0 Å². The normalized spacial score (nSPS) is 10.3. The molecule has 0 aliphatic carbocycles. The molecular weight excluding hydrogens is 228 g/mol. The zero-order valence-electron chi connectivity index (χ0n) is 8.27. The molecule has 0 fully saturated rings. The van der Waals surface area contributed by atoms with Crippen molar-refractivity contribution in [1.29, 1.82) is 0 Å². The Bertz CT molecular complexity index is 566. The van der Waals surface area contributed by atoms with Crippen LogP contribution < -0.4 is 5.56 Å². The van der Waals surface area contributed by atoms with Crippen molar-refractivity contribution in [3.63, 3.8) is 0 Å². The molecule has 0 aliphatic heterocycles. The summed E-state index contributed by atoms with van der Waals surface area (Å²) in [6, 6.07) is 8.67. The van der Waals surface area contributed by atoms with Crippen molar-refractivity contribution in [2.45, 2.75) is 6.42 Å². The van der Waals surface area contributed by atoms with Crippen LogP contribution in [-0.2, 0) is 6.42 Å². The first kappa shape index (κ1) is 10.7. The molecule has 82 valence electrons. The van der Waals surface area contributed by atoms with E-state index >= 15 is 0 Å². The van der Waals surface area contributed by atoms with Gasteiger partial charge >= 0.3 is 5.56 Å². The second-order valence-corrected chi connectivity index (χ2v) is 3.82. The molecule has 4 nitrogen and oxygen atoms in total. The standard InChI is InChI=1S/C11H9ClN2O2/c12-8-3-1-2-7(4-8)5-9-6-10(15)11(16)14-13-9/h1-4,6H,5H2,(H,13,15)(H,14,16). The van der Waals surface area contributed by atoms with Crippen LogP contribution in [0.2, 0.25) is 5.02 Å². The number of hydrogen-bond acceptors (Lipinski definition) is 3. The molecule has 0 aliphatic rings. The van der Waals surface area contributed by atoms with Crippen LogP contribution >= 0.6 is 11.6 Å². The number of nitrogens with one attached hydrogen (secondary N) is 1. The Hall–Kier alpha value is -1.81. The van der Waals surface area contributed by atoms with Gasteiger partial charge in [0.2, 0.25) is 0 Å². The van der Waals surface area contributed by atoms with Gasteiger partial charge in [0, 0.05) is 17.5 Å². The fourth-order valence-corrected chi connectivity index (χ4v) is 1.59. The van der Waals surface area contributed by atoms with Gasteiger partial charge in [0.05, 0.1) is 5.69 Å². The number of H-pyrrole nitrogens is 1. The van der Waals surface area contributed by atoms with Crippen LogP contribution in [0.3, 0.4) is 0 Å². The largest absolute Gasteiger partial charge is 0.503 e. The molecule has 2 rings (SSSR count). The summed E-state index contributed by atoms with van der Waals surface area (Å²) in [5.41, 5.74) is 0.959. The number of nitrogens with zero attached hydrogens (tertiary/aromatic N) is 1. The number of benzene rings is 1. The quantitative estimate of drug-likeness (QED) is 0.834. The van der Waals surface area contributed by atoms with E-state index in [9.17, 15) is 9.90 Å². The number of aromatic hydroxyl groups is 1. The second-order valence-electron chi connectivity index (χ2n) is 3.38. The average molecular weight is 237 g/mol. The maximum atomic E-state index is 10.9. The maximum absolute atomic E-state index is 10.9. The summed E-state index contributed by atoms with van der Waals surface area (Å²) < 4.78 is 0. The van der Waals surface area contributed by atoms with Gasteiger partial charge in [0.25, 0.3) is 0 Å². The summed E-state index contributed by atoms with van der Waals surface area (Å²) in [5.74, 6) is -0.327. The van der Waals surface area contributed by atoms with Gasteiger partial charge < -0.3 is 5.11 Å². The summed E-state index contributed by atoms with van der Waals surface area (Å²) in [7, 11) is 0. The number of rotatable bonds is 2.